The van der Waals surface area contributed by atoms with E-state index < -0.39 is 28.4 Å². The van der Waals surface area contributed by atoms with Crippen molar-refractivity contribution < 1.29 is 14.8 Å². The van der Waals surface area contributed by atoms with Gasteiger partial charge in [-0.15, -0.1) is 0 Å². The normalized spacial score (nSPS) is 14.2. The number of allylic oxidation sites excluding steroid dienone is 1. The van der Waals surface area contributed by atoms with Crippen molar-refractivity contribution in [1.29, 1.82) is 5.26 Å². The van der Waals surface area contributed by atoms with Crippen LogP contribution in [-0.4, -0.2) is 21.6 Å². The van der Waals surface area contributed by atoms with Crippen molar-refractivity contribution in [3.63, 3.8) is 0 Å². The van der Waals surface area contributed by atoms with E-state index in [0.717, 1.165) is 0 Å². The van der Waals surface area contributed by atoms with E-state index in [-0.39, 0.29) is 11.6 Å². The number of nitrogens with zero attached hydrogens (tertiary/aromatic N) is 2. The molecular weight excluding hydrogens is 306 g/mol. The molecule has 8 heteroatoms. The fourth-order valence-corrected chi connectivity index (χ4v) is 2.20. The van der Waals surface area contributed by atoms with Gasteiger partial charge in [0.1, 0.15) is 11.8 Å². The molecule has 0 amide bonds. The Morgan fingerprint density at radius 3 is 2.55 bits per heavy atom. The first-order valence-electron chi connectivity index (χ1n) is 6.38. The summed E-state index contributed by atoms with van der Waals surface area (Å²) in [5.74, 6) is -3.14. The predicted molar refractivity (Wildman–Crippen MR) is 83.3 cm³/mol. The van der Waals surface area contributed by atoms with E-state index in [9.17, 15) is 20.5 Å². The maximum atomic E-state index is 11.4. The largest absolute Gasteiger partial charge is 0.476 e. The first-order chi connectivity index (χ1) is 10.4. The highest BCUT2D eigenvalue weighted by Crippen LogP contribution is 2.34. The Labute approximate surface area is 132 Å². The molecule has 0 bridgehead atoms. The molecule has 0 spiro atoms. The molecule has 0 aliphatic heterocycles. The van der Waals surface area contributed by atoms with Crippen LogP contribution >= 0.6 is 12.2 Å². The maximum absolute atomic E-state index is 11.4. The van der Waals surface area contributed by atoms with E-state index >= 15 is 0 Å². The monoisotopic (exact) mass is 321 g/mol. The van der Waals surface area contributed by atoms with Crippen molar-refractivity contribution in [3.05, 3.63) is 57.7 Å². The molecular formula is C14H15N3O4S. The van der Waals surface area contributed by atoms with E-state index in [1.54, 1.807) is 37.3 Å². The van der Waals surface area contributed by atoms with Crippen LogP contribution in [0.1, 0.15) is 18.4 Å². The molecule has 0 saturated carbocycles. The number of aliphatic hydroxyl groups excluding tert-OH is 1. The number of ether oxygens (including phenoxy) is 1. The number of nitro groups is 1. The minimum absolute atomic E-state index is 0.0367. The average Bonchev–Trinajstić information content (AvgIpc) is 2.47. The van der Waals surface area contributed by atoms with Crippen LogP contribution in [0.4, 0.5) is 0 Å². The topological polar surface area (TPSA) is 122 Å². The van der Waals surface area contributed by atoms with Crippen molar-refractivity contribution in [2.45, 2.75) is 12.8 Å². The summed E-state index contributed by atoms with van der Waals surface area (Å²) in [6, 6.07) is 10.1. The molecule has 0 radical (unpaired) electrons. The van der Waals surface area contributed by atoms with Gasteiger partial charge < -0.3 is 15.6 Å². The number of benzene rings is 1. The molecule has 1 aromatic rings. The highest BCUT2D eigenvalue weighted by atomic mass is 32.1. The van der Waals surface area contributed by atoms with Gasteiger partial charge in [-0.05, 0) is 12.5 Å². The Bertz CT molecular complexity index is 625. The number of rotatable bonds is 7. The van der Waals surface area contributed by atoms with E-state index in [0.29, 0.717) is 5.56 Å². The summed E-state index contributed by atoms with van der Waals surface area (Å²) in [4.78, 5) is 10.4. The van der Waals surface area contributed by atoms with Gasteiger partial charge >= 0.3 is 11.6 Å². The second-order valence-electron chi connectivity index (χ2n) is 4.28. The SMILES string of the molecule is CCO/C(O)=C(/C(c1ccccc1)C(C#N)C(N)=S)[N+](=O)[O-]. The first kappa shape index (κ1) is 17.4. The summed E-state index contributed by atoms with van der Waals surface area (Å²) < 4.78 is 4.84. The zero-order valence-electron chi connectivity index (χ0n) is 11.8. The molecule has 0 aromatic heterocycles. The molecule has 1 rings (SSSR count). The number of nitriles is 1. The molecule has 22 heavy (non-hydrogen) atoms. The van der Waals surface area contributed by atoms with E-state index in [1.165, 1.54) is 0 Å². The van der Waals surface area contributed by atoms with Gasteiger partial charge in [0.25, 0.3) is 0 Å². The Morgan fingerprint density at radius 2 is 2.14 bits per heavy atom. The average molecular weight is 321 g/mol. The van der Waals surface area contributed by atoms with Gasteiger partial charge in [0.2, 0.25) is 0 Å². The fraction of sp³-hybridized carbons (Fsp3) is 0.286. The second kappa shape index (κ2) is 7.95. The third kappa shape index (κ3) is 3.93. The van der Waals surface area contributed by atoms with Gasteiger partial charge in [-0.1, -0.05) is 42.5 Å². The van der Waals surface area contributed by atoms with Crippen LogP contribution in [0.2, 0.25) is 0 Å². The second-order valence-corrected chi connectivity index (χ2v) is 4.75. The van der Waals surface area contributed by atoms with Gasteiger partial charge in [-0.25, -0.2) is 0 Å². The molecule has 0 saturated heterocycles. The Kier molecular flexibility index (Phi) is 6.28. The maximum Gasteiger partial charge on any atom is 0.354 e. The van der Waals surface area contributed by atoms with Gasteiger partial charge in [0.05, 0.1) is 22.6 Å². The highest BCUT2D eigenvalue weighted by molar-refractivity contribution is 7.80. The molecule has 116 valence electrons. The van der Waals surface area contributed by atoms with E-state index in [1.807, 2.05) is 6.07 Å². The molecule has 0 aliphatic carbocycles. The highest BCUT2D eigenvalue weighted by Gasteiger charge is 2.40. The first-order valence-corrected chi connectivity index (χ1v) is 6.79. The van der Waals surface area contributed by atoms with Gasteiger partial charge in [0.15, 0.2) is 0 Å². The van der Waals surface area contributed by atoms with Crippen molar-refractivity contribution in [2.24, 2.45) is 11.7 Å². The summed E-state index contributed by atoms with van der Waals surface area (Å²) in [5.41, 5.74) is 5.32. The van der Waals surface area contributed by atoms with E-state index in [4.69, 9.17) is 22.7 Å². The predicted octanol–water partition coefficient (Wildman–Crippen LogP) is 2.24. The number of hydrogen-bond acceptors (Lipinski definition) is 6. The fourth-order valence-electron chi connectivity index (χ4n) is 2.01. The lowest BCUT2D eigenvalue weighted by molar-refractivity contribution is -0.436. The molecule has 0 fully saturated rings. The Hall–Kier alpha value is -2.66. The van der Waals surface area contributed by atoms with Crippen LogP contribution in [0.25, 0.3) is 0 Å². The van der Waals surface area contributed by atoms with Gasteiger partial charge in [-0.2, -0.15) is 5.26 Å². The third-order valence-electron chi connectivity index (χ3n) is 2.93. The molecule has 0 heterocycles. The molecule has 3 N–H and O–H groups in total. The molecule has 7 nitrogen and oxygen atoms in total. The number of thiocarbonyl (C=S) groups is 1. The van der Waals surface area contributed by atoms with Crippen LogP contribution in [0.5, 0.6) is 0 Å². The lowest BCUT2D eigenvalue weighted by atomic mass is 9.84. The van der Waals surface area contributed by atoms with Crippen LogP contribution in [0.3, 0.4) is 0 Å². The summed E-state index contributed by atoms with van der Waals surface area (Å²) >= 11 is 4.84. The Balaban J connectivity index is 3.55. The van der Waals surface area contributed by atoms with Crippen LogP contribution in [0, 0.1) is 27.4 Å². The van der Waals surface area contributed by atoms with Crippen molar-refractivity contribution in [3.8, 4) is 6.07 Å². The smallest absolute Gasteiger partial charge is 0.354 e. The third-order valence-corrected chi connectivity index (χ3v) is 3.18. The van der Waals surface area contributed by atoms with E-state index in [2.05, 4.69) is 0 Å². The van der Waals surface area contributed by atoms with Crippen molar-refractivity contribution in [1.82, 2.24) is 0 Å². The quantitative estimate of drug-likeness (QED) is 0.341. The van der Waals surface area contributed by atoms with Crippen molar-refractivity contribution in [2.75, 3.05) is 6.61 Å². The summed E-state index contributed by atoms with van der Waals surface area (Å²) in [5, 5.41) is 30.5. The zero-order chi connectivity index (χ0) is 16.7. The molecule has 1 aromatic carbocycles. The number of nitrogens with two attached hydrogens (primary N) is 1. The molecule has 2 unspecified atom stereocenters. The molecule has 2 atom stereocenters. The number of aliphatic hydroxyl groups is 1. The summed E-state index contributed by atoms with van der Waals surface area (Å²) in [6.07, 6.45) is 0. The van der Waals surface area contributed by atoms with Crippen LogP contribution in [0.15, 0.2) is 42.0 Å². The van der Waals surface area contributed by atoms with Gasteiger partial charge in [0, 0.05) is 0 Å². The Morgan fingerprint density at radius 1 is 1.55 bits per heavy atom. The summed E-state index contributed by atoms with van der Waals surface area (Å²) in [7, 11) is 0. The number of hydrogen-bond donors (Lipinski definition) is 2. The minimum atomic E-state index is -1.15. The van der Waals surface area contributed by atoms with Crippen LogP contribution < -0.4 is 5.73 Å². The zero-order valence-corrected chi connectivity index (χ0v) is 12.6. The lowest BCUT2D eigenvalue weighted by Gasteiger charge is -2.19. The van der Waals surface area contributed by atoms with Crippen molar-refractivity contribution >= 4 is 17.2 Å². The standard InChI is InChI=1S/C14H15N3O4S/c1-2-21-14(18)12(17(19)20)11(10(8-15)13(16)22)9-6-4-3-5-7-9/h3-7,10-11,18H,2H2,1H3,(H2,16,22)/b14-12-. The van der Waals surface area contributed by atoms with Crippen LogP contribution in [-0.2, 0) is 4.74 Å². The lowest BCUT2D eigenvalue weighted by Crippen LogP contribution is -2.30. The molecule has 0 aliphatic rings. The minimum Gasteiger partial charge on any atom is -0.476 e. The summed E-state index contributed by atoms with van der Waals surface area (Å²) in [6.45, 7) is 1.61. The van der Waals surface area contributed by atoms with Gasteiger partial charge in [-0.3, -0.25) is 10.1 Å².